The Balaban J connectivity index is 2.50. The predicted octanol–water partition coefficient (Wildman–Crippen LogP) is 0.278. The smallest absolute Gasteiger partial charge is 0.408 e. The molecule has 72 valence electrons. The van der Waals surface area contributed by atoms with Gasteiger partial charge in [-0.05, 0) is 6.08 Å². The van der Waals surface area contributed by atoms with Crippen molar-refractivity contribution in [1.29, 1.82) is 0 Å². The fourth-order valence-corrected chi connectivity index (χ4v) is 0.623. The van der Waals surface area contributed by atoms with Gasteiger partial charge in [0.2, 0.25) is 0 Å². The molecule has 0 atom stereocenters. The minimum Gasteiger partial charge on any atom is -0.408 e. The molecule has 0 radical (unpaired) electrons. The topological polar surface area (TPSA) is 81.2 Å². The molecule has 0 unspecified atom stereocenters. The van der Waals surface area contributed by atoms with E-state index in [9.17, 15) is 9.59 Å². The number of carbonyl (C=O) groups is 2. The molecule has 0 aliphatic heterocycles. The Morgan fingerprint density at radius 1 is 1.50 bits per heavy atom. The van der Waals surface area contributed by atoms with Crippen LogP contribution in [0.4, 0.5) is 4.79 Å². The molecule has 0 aromatic carbocycles. The lowest BCUT2D eigenvalue weighted by Gasteiger charge is -2.01. The average Bonchev–Trinajstić information content (AvgIpc) is 2.19. The maximum atomic E-state index is 10.9. The summed E-state index contributed by atoms with van der Waals surface area (Å²) in [7, 11) is 0. The van der Waals surface area contributed by atoms with Crippen LogP contribution in [0, 0.1) is 0 Å². The van der Waals surface area contributed by atoms with Gasteiger partial charge in [0.05, 0.1) is 12.4 Å². The molecule has 6 heteroatoms. The third kappa shape index (κ3) is 3.02. The Labute approximate surface area is 79.6 Å². The van der Waals surface area contributed by atoms with Gasteiger partial charge in [0, 0.05) is 6.07 Å². The normalized spacial score (nSPS) is 8.86. The highest BCUT2D eigenvalue weighted by Crippen LogP contribution is 2.04. The Morgan fingerprint density at radius 3 is 2.86 bits per heavy atom. The number of nitrogens with zero attached hydrogens (tertiary/aromatic N) is 2. The highest BCUT2D eigenvalue weighted by molar-refractivity contribution is 5.98. The SMILES string of the molecule is C=CC(=O)NC(=O)Oc1ccnnc1. The summed E-state index contributed by atoms with van der Waals surface area (Å²) in [6.07, 6.45) is 2.69. The van der Waals surface area contributed by atoms with Crippen LogP contribution in [-0.2, 0) is 4.79 Å². The lowest BCUT2D eigenvalue weighted by molar-refractivity contribution is -0.115. The van der Waals surface area contributed by atoms with Gasteiger partial charge in [-0.3, -0.25) is 10.1 Å². The Bertz CT molecular complexity index is 350. The van der Waals surface area contributed by atoms with E-state index in [2.05, 4.69) is 21.5 Å². The van der Waals surface area contributed by atoms with E-state index in [4.69, 9.17) is 0 Å². The van der Waals surface area contributed by atoms with Crippen LogP contribution in [-0.4, -0.2) is 22.2 Å². The summed E-state index contributed by atoms with van der Waals surface area (Å²) in [6.45, 7) is 3.18. The summed E-state index contributed by atoms with van der Waals surface area (Å²) in [5.74, 6) is -0.425. The number of rotatable bonds is 2. The predicted molar refractivity (Wildman–Crippen MR) is 46.4 cm³/mol. The van der Waals surface area contributed by atoms with Crippen LogP contribution in [0.25, 0.3) is 0 Å². The first-order valence-electron chi connectivity index (χ1n) is 3.64. The van der Waals surface area contributed by atoms with Crippen molar-refractivity contribution in [1.82, 2.24) is 15.5 Å². The average molecular weight is 193 g/mol. The van der Waals surface area contributed by atoms with Crippen molar-refractivity contribution >= 4 is 12.0 Å². The molecule has 1 heterocycles. The first-order valence-corrected chi connectivity index (χ1v) is 3.64. The highest BCUT2D eigenvalue weighted by Gasteiger charge is 2.06. The number of nitrogens with one attached hydrogen (secondary N) is 1. The molecule has 0 spiro atoms. The van der Waals surface area contributed by atoms with Crippen molar-refractivity contribution < 1.29 is 14.3 Å². The highest BCUT2D eigenvalue weighted by atomic mass is 16.6. The van der Waals surface area contributed by atoms with Gasteiger partial charge in [0.1, 0.15) is 0 Å². The third-order valence-electron chi connectivity index (χ3n) is 1.18. The fourth-order valence-electron chi connectivity index (χ4n) is 0.623. The second kappa shape index (κ2) is 4.70. The Hall–Kier alpha value is -2.24. The van der Waals surface area contributed by atoms with Crippen LogP contribution >= 0.6 is 0 Å². The van der Waals surface area contributed by atoms with Crippen LogP contribution in [0.2, 0.25) is 0 Å². The van der Waals surface area contributed by atoms with Crippen LogP contribution in [0.3, 0.4) is 0 Å². The van der Waals surface area contributed by atoms with Gasteiger partial charge >= 0.3 is 6.09 Å². The van der Waals surface area contributed by atoms with Gasteiger partial charge in [-0.15, -0.1) is 0 Å². The molecule has 0 fully saturated rings. The quantitative estimate of drug-likeness (QED) is 0.682. The molecule has 0 aliphatic rings. The molecule has 0 aliphatic carbocycles. The Kier molecular flexibility index (Phi) is 3.31. The second-order valence-corrected chi connectivity index (χ2v) is 2.16. The van der Waals surface area contributed by atoms with E-state index in [-0.39, 0.29) is 5.75 Å². The van der Waals surface area contributed by atoms with Crippen molar-refractivity contribution in [3.05, 3.63) is 31.1 Å². The van der Waals surface area contributed by atoms with Gasteiger partial charge in [0.15, 0.2) is 5.75 Å². The molecule has 0 bridgehead atoms. The molecule has 1 N–H and O–H groups in total. The molecule has 14 heavy (non-hydrogen) atoms. The number of ether oxygens (including phenoxy) is 1. The number of hydrogen-bond donors (Lipinski definition) is 1. The van der Waals surface area contributed by atoms with Gasteiger partial charge in [-0.2, -0.15) is 10.2 Å². The minimum absolute atomic E-state index is 0.203. The molecular formula is C8H7N3O3. The summed E-state index contributed by atoms with van der Waals surface area (Å²) in [5, 5.41) is 8.87. The molecule has 1 aromatic rings. The van der Waals surface area contributed by atoms with E-state index in [0.29, 0.717) is 0 Å². The molecule has 0 saturated carbocycles. The van der Waals surface area contributed by atoms with Crippen molar-refractivity contribution in [2.24, 2.45) is 0 Å². The number of hydrogen-bond acceptors (Lipinski definition) is 5. The number of amides is 2. The van der Waals surface area contributed by atoms with Crippen LogP contribution in [0.5, 0.6) is 5.75 Å². The summed E-state index contributed by atoms with van der Waals surface area (Å²) < 4.78 is 4.67. The zero-order valence-corrected chi connectivity index (χ0v) is 7.14. The van der Waals surface area contributed by atoms with Gasteiger partial charge < -0.3 is 4.74 Å². The van der Waals surface area contributed by atoms with Gasteiger partial charge in [-0.25, -0.2) is 4.79 Å². The largest absolute Gasteiger partial charge is 0.419 e. The van der Waals surface area contributed by atoms with E-state index in [1.54, 1.807) is 0 Å². The van der Waals surface area contributed by atoms with E-state index >= 15 is 0 Å². The second-order valence-electron chi connectivity index (χ2n) is 2.16. The number of imide groups is 1. The molecule has 1 rings (SSSR count). The third-order valence-corrected chi connectivity index (χ3v) is 1.18. The molecule has 2 amide bonds. The number of carbonyl (C=O) groups excluding carboxylic acids is 2. The van der Waals surface area contributed by atoms with Crippen molar-refractivity contribution in [2.45, 2.75) is 0 Å². The standard InChI is InChI=1S/C8H7N3O3/c1-2-7(12)11-8(13)14-6-3-4-9-10-5-6/h2-5H,1H2,(H,11,12,13). The maximum Gasteiger partial charge on any atom is 0.419 e. The summed E-state index contributed by atoms with van der Waals surface area (Å²) in [6, 6.07) is 1.44. The summed E-state index contributed by atoms with van der Waals surface area (Å²) in [4.78, 5) is 21.6. The van der Waals surface area contributed by atoms with E-state index in [1.165, 1.54) is 18.5 Å². The summed E-state index contributed by atoms with van der Waals surface area (Å²) in [5.41, 5.74) is 0. The zero-order valence-electron chi connectivity index (χ0n) is 7.14. The van der Waals surface area contributed by atoms with Crippen molar-refractivity contribution in [3.8, 4) is 5.75 Å². The fraction of sp³-hybridized carbons (Fsp3) is 0. The van der Waals surface area contributed by atoms with Gasteiger partial charge in [0.25, 0.3) is 5.91 Å². The molecule has 6 nitrogen and oxygen atoms in total. The summed E-state index contributed by atoms with van der Waals surface area (Å²) >= 11 is 0. The Morgan fingerprint density at radius 2 is 2.29 bits per heavy atom. The number of aromatic nitrogens is 2. The molecule has 0 saturated heterocycles. The maximum absolute atomic E-state index is 10.9. The minimum atomic E-state index is -0.886. The van der Waals surface area contributed by atoms with Crippen LogP contribution in [0.15, 0.2) is 31.1 Å². The van der Waals surface area contributed by atoms with Gasteiger partial charge in [-0.1, -0.05) is 6.58 Å². The molecule has 1 aromatic heterocycles. The van der Waals surface area contributed by atoms with E-state index in [0.717, 1.165) is 6.08 Å². The first-order chi connectivity index (χ1) is 6.72. The van der Waals surface area contributed by atoms with Crippen LogP contribution in [0.1, 0.15) is 0 Å². The van der Waals surface area contributed by atoms with Crippen molar-refractivity contribution in [2.75, 3.05) is 0 Å². The van der Waals surface area contributed by atoms with E-state index < -0.39 is 12.0 Å². The van der Waals surface area contributed by atoms with Crippen molar-refractivity contribution in [3.63, 3.8) is 0 Å². The lowest BCUT2D eigenvalue weighted by atomic mass is 10.5. The lowest BCUT2D eigenvalue weighted by Crippen LogP contribution is -2.31. The first kappa shape index (κ1) is 9.85. The van der Waals surface area contributed by atoms with Crippen LogP contribution < -0.4 is 10.1 Å². The van der Waals surface area contributed by atoms with E-state index in [1.807, 2.05) is 5.32 Å². The molecular weight excluding hydrogens is 186 g/mol. The zero-order chi connectivity index (χ0) is 10.4. The monoisotopic (exact) mass is 193 g/mol.